The van der Waals surface area contributed by atoms with Crippen LogP contribution in [0.4, 0.5) is 10.2 Å². The van der Waals surface area contributed by atoms with Crippen LogP contribution in [-0.4, -0.2) is 28.5 Å². The first kappa shape index (κ1) is 13.2. The molecule has 6 heteroatoms. The number of anilines is 1. The number of benzene rings is 1. The van der Waals surface area contributed by atoms with Crippen LogP contribution in [0.3, 0.4) is 0 Å². The summed E-state index contributed by atoms with van der Waals surface area (Å²) in [5.74, 6) is -0.101. The number of fused-ring (bicyclic) bond motifs is 1. The number of amides is 1. The van der Waals surface area contributed by atoms with E-state index < -0.39 is 5.82 Å². The molecular weight excluding hydrogens is 247 g/mol. The van der Waals surface area contributed by atoms with Gasteiger partial charge < -0.3 is 10.6 Å². The molecule has 1 heterocycles. The Kier molecular flexibility index (Phi) is 3.89. The van der Waals surface area contributed by atoms with E-state index in [1.165, 1.54) is 12.4 Å². The summed E-state index contributed by atoms with van der Waals surface area (Å²) >= 11 is 0. The Labute approximate surface area is 110 Å². The topological polar surface area (TPSA) is 66.9 Å². The number of carbonyl (C=O) groups is 1. The predicted octanol–water partition coefficient (Wildman–Crippen LogP) is 1.71. The van der Waals surface area contributed by atoms with Gasteiger partial charge in [0.05, 0.1) is 6.54 Å². The molecule has 1 amide bonds. The molecule has 100 valence electrons. The molecule has 1 aromatic carbocycles. The van der Waals surface area contributed by atoms with Gasteiger partial charge in [-0.25, -0.2) is 14.4 Å². The summed E-state index contributed by atoms with van der Waals surface area (Å²) in [6.07, 6.45) is 1.27. The van der Waals surface area contributed by atoms with E-state index in [2.05, 4.69) is 20.6 Å². The minimum atomic E-state index is -0.408. The summed E-state index contributed by atoms with van der Waals surface area (Å²) in [6.45, 7) is 3.85. The Morgan fingerprint density at radius 2 is 2.16 bits per heavy atom. The number of hydrogen-bond donors (Lipinski definition) is 2. The molecule has 0 atom stereocenters. The first-order chi connectivity index (χ1) is 9.08. The second-order valence-electron chi connectivity index (χ2n) is 4.43. The maximum atomic E-state index is 13.5. The highest BCUT2D eigenvalue weighted by molar-refractivity contribution is 5.91. The van der Waals surface area contributed by atoms with Crippen molar-refractivity contribution in [2.24, 2.45) is 0 Å². The lowest BCUT2D eigenvalue weighted by Crippen LogP contribution is -2.35. The molecule has 2 N–H and O–H groups in total. The summed E-state index contributed by atoms with van der Waals surface area (Å²) in [7, 11) is 0. The van der Waals surface area contributed by atoms with Crippen molar-refractivity contribution in [2.75, 3.05) is 11.9 Å². The zero-order valence-corrected chi connectivity index (χ0v) is 10.8. The standard InChI is InChI=1S/C13H15FN4O/c1-8(2)18-11(19)6-15-13-9-4-3-5-10(14)12(9)16-7-17-13/h3-5,7-8H,6H2,1-2H3,(H,18,19)(H,15,16,17). The van der Waals surface area contributed by atoms with Gasteiger partial charge >= 0.3 is 0 Å². The summed E-state index contributed by atoms with van der Waals surface area (Å²) in [6, 6.07) is 4.71. The maximum Gasteiger partial charge on any atom is 0.239 e. The van der Waals surface area contributed by atoms with Crippen molar-refractivity contribution in [2.45, 2.75) is 19.9 Å². The van der Waals surface area contributed by atoms with Crippen LogP contribution < -0.4 is 10.6 Å². The Hall–Kier alpha value is -2.24. The molecule has 0 aliphatic heterocycles. The first-order valence-electron chi connectivity index (χ1n) is 6.00. The molecule has 0 aliphatic carbocycles. The molecular formula is C13H15FN4O. The largest absolute Gasteiger partial charge is 0.360 e. The van der Waals surface area contributed by atoms with E-state index in [1.54, 1.807) is 12.1 Å². The van der Waals surface area contributed by atoms with Gasteiger partial charge in [0.15, 0.2) is 0 Å². The van der Waals surface area contributed by atoms with E-state index in [-0.39, 0.29) is 24.0 Å². The molecule has 0 bridgehead atoms. The van der Waals surface area contributed by atoms with Crippen LogP contribution in [0.25, 0.3) is 10.9 Å². The lowest BCUT2D eigenvalue weighted by Gasteiger charge is -2.10. The van der Waals surface area contributed by atoms with Crippen LogP contribution in [-0.2, 0) is 4.79 Å². The summed E-state index contributed by atoms with van der Waals surface area (Å²) < 4.78 is 13.5. The van der Waals surface area contributed by atoms with Gasteiger partial charge in [-0.15, -0.1) is 0 Å². The van der Waals surface area contributed by atoms with Crippen LogP contribution >= 0.6 is 0 Å². The Morgan fingerprint density at radius 1 is 1.37 bits per heavy atom. The lowest BCUT2D eigenvalue weighted by molar-refractivity contribution is -0.119. The smallest absolute Gasteiger partial charge is 0.239 e. The van der Waals surface area contributed by atoms with Crippen molar-refractivity contribution in [3.05, 3.63) is 30.3 Å². The molecule has 0 saturated carbocycles. The zero-order chi connectivity index (χ0) is 13.8. The average molecular weight is 262 g/mol. The van der Waals surface area contributed by atoms with E-state index in [9.17, 15) is 9.18 Å². The van der Waals surface area contributed by atoms with Gasteiger partial charge in [-0.1, -0.05) is 6.07 Å². The molecule has 0 saturated heterocycles. The molecule has 0 spiro atoms. The fourth-order valence-corrected chi connectivity index (χ4v) is 1.73. The zero-order valence-electron chi connectivity index (χ0n) is 10.8. The Morgan fingerprint density at radius 3 is 2.89 bits per heavy atom. The molecule has 2 rings (SSSR count). The lowest BCUT2D eigenvalue weighted by atomic mass is 10.2. The van der Waals surface area contributed by atoms with Gasteiger partial charge in [0.25, 0.3) is 0 Å². The van der Waals surface area contributed by atoms with Crippen molar-refractivity contribution in [3.8, 4) is 0 Å². The van der Waals surface area contributed by atoms with Crippen molar-refractivity contribution < 1.29 is 9.18 Å². The molecule has 19 heavy (non-hydrogen) atoms. The van der Waals surface area contributed by atoms with E-state index in [4.69, 9.17) is 0 Å². The van der Waals surface area contributed by atoms with Gasteiger partial charge in [-0.2, -0.15) is 0 Å². The first-order valence-corrected chi connectivity index (χ1v) is 6.00. The van der Waals surface area contributed by atoms with Gasteiger partial charge in [-0.05, 0) is 26.0 Å². The second-order valence-corrected chi connectivity index (χ2v) is 4.43. The van der Waals surface area contributed by atoms with Crippen molar-refractivity contribution in [1.29, 1.82) is 0 Å². The number of rotatable bonds is 4. The van der Waals surface area contributed by atoms with Gasteiger partial charge in [-0.3, -0.25) is 4.79 Å². The highest BCUT2D eigenvalue weighted by Gasteiger charge is 2.08. The Balaban J connectivity index is 2.17. The fourth-order valence-electron chi connectivity index (χ4n) is 1.73. The molecule has 0 fully saturated rings. The third-order valence-corrected chi connectivity index (χ3v) is 2.48. The van der Waals surface area contributed by atoms with E-state index >= 15 is 0 Å². The number of nitrogens with zero attached hydrogens (tertiary/aromatic N) is 2. The van der Waals surface area contributed by atoms with Gasteiger partial charge in [0, 0.05) is 11.4 Å². The van der Waals surface area contributed by atoms with E-state index in [0.29, 0.717) is 11.2 Å². The summed E-state index contributed by atoms with van der Waals surface area (Å²) in [5.41, 5.74) is 0.240. The number of aromatic nitrogens is 2. The molecule has 0 unspecified atom stereocenters. The predicted molar refractivity (Wildman–Crippen MR) is 71.3 cm³/mol. The number of para-hydroxylation sites is 1. The fraction of sp³-hybridized carbons (Fsp3) is 0.308. The van der Waals surface area contributed by atoms with Crippen LogP contribution in [0.15, 0.2) is 24.5 Å². The number of hydrogen-bond acceptors (Lipinski definition) is 4. The van der Waals surface area contributed by atoms with Crippen LogP contribution in [0.2, 0.25) is 0 Å². The van der Waals surface area contributed by atoms with Crippen LogP contribution in [0.5, 0.6) is 0 Å². The summed E-state index contributed by atoms with van der Waals surface area (Å²) in [4.78, 5) is 19.5. The van der Waals surface area contributed by atoms with E-state index in [0.717, 1.165) is 0 Å². The molecule has 1 aromatic heterocycles. The third kappa shape index (κ3) is 3.15. The van der Waals surface area contributed by atoms with Gasteiger partial charge in [0.1, 0.15) is 23.5 Å². The minimum Gasteiger partial charge on any atom is -0.360 e. The quantitative estimate of drug-likeness (QED) is 0.880. The Bertz CT molecular complexity index is 600. The number of nitrogens with one attached hydrogen (secondary N) is 2. The normalized spacial score (nSPS) is 10.7. The van der Waals surface area contributed by atoms with Crippen molar-refractivity contribution in [1.82, 2.24) is 15.3 Å². The third-order valence-electron chi connectivity index (χ3n) is 2.48. The monoisotopic (exact) mass is 262 g/mol. The minimum absolute atomic E-state index is 0.0777. The van der Waals surface area contributed by atoms with Crippen molar-refractivity contribution in [3.63, 3.8) is 0 Å². The maximum absolute atomic E-state index is 13.5. The molecule has 2 aromatic rings. The molecule has 0 radical (unpaired) electrons. The molecule has 5 nitrogen and oxygen atoms in total. The second kappa shape index (κ2) is 5.60. The summed E-state index contributed by atoms with van der Waals surface area (Å²) in [5, 5.41) is 6.20. The van der Waals surface area contributed by atoms with Gasteiger partial charge in [0.2, 0.25) is 5.91 Å². The highest BCUT2D eigenvalue weighted by atomic mass is 19.1. The SMILES string of the molecule is CC(C)NC(=O)CNc1ncnc2c(F)cccc12. The number of halogens is 1. The average Bonchev–Trinajstić information content (AvgIpc) is 2.36. The molecule has 0 aliphatic rings. The highest BCUT2D eigenvalue weighted by Crippen LogP contribution is 2.20. The van der Waals surface area contributed by atoms with E-state index in [1.807, 2.05) is 13.8 Å². The van der Waals surface area contributed by atoms with Crippen LogP contribution in [0, 0.1) is 5.82 Å². The number of carbonyl (C=O) groups excluding carboxylic acids is 1. The van der Waals surface area contributed by atoms with Crippen LogP contribution in [0.1, 0.15) is 13.8 Å². The van der Waals surface area contributed by atoms with Crippen molar-refractivity contribution >= 4 is 22.6 Å².